The molecule has 0 saturated heterocycles. The second kappa shape index (κ2) is 6.71. The van der Waals surface area contributed by atoms with E-state index in [4.69, 9.17) is 16.3 Å². The molecule has 0 heterocycles. The first-order chi connectivity index (χ1) is 6.19. The molecule has 0 saturated carbocycles. The monoisotopic (exact) mass is 182 g/mol. The standard InChI is InChI=1S/C11H18O2/c1-5-10(7-9(3)8-12)11(6-2)13-4/h2,7,10-12H,5,8H2,1,3-4H3/b9-7-/t10-,11-/m0/s1. The summed E-state index contributed by atoms with van der Waals surface area (Å²) in [5.41, 5.74) is 0.934. The van der Waals surface area contributed by atoms with Crippen molar-refractivity contribution in [3.8, 4) is 12.3 Å². The Morgan fingerprint density at radius 3 is 2.62 bits per heavy atom. The van der Waals surface area contributed by atoms with Crippen LogP contribution in [0, 0.1) is 18.3 Å². The van der Waals surface area contributed by atoms with E-state index in [0.29, 0.717) is 0 Å². The summed E-state index contributed by atoms with van der Waals surface area (Å²) >= 11 is 0. The van der Waals surface area contributed by atoms with Gasteiger partial charge in [-0.3, -0.25) is 0 Å². The van der Waals surface area contributed by atoms with Crippen LogP contribution >= 0.6 is 0 Å². The first kappa shape index (κ1) is 12.2. The quantitative estimate of drug-likeness (QED) is 0.517. The molecule has 0 bridgehead atoms. The van der Waals surface area contributed by atoms with Gasteiger partial charge in [0, 0.05) is 13.0 Å². The van der Waals surface area contributed by atoms with Crippen LogP contribution in [-0.4, -0.2) is 24.9 Å². The van der Waals surface area contributed by atoms with E-state index in [9.17, 15) is 0 Å². The van der Waals surface area contributed by atoms with E-state index in [-0.39, 0.29) is 18.6 Å². The van der Waals surface area contributed by atoms with E-state index in [1.807, 2.05) is 13.0 Å². The summed E-state index contributed by atoms with van der Waals surface area (Å²) in [6, 6.07) is 0. The average molecular weight is 182 g/mol. The van der Waals surface area contributed by atoms with E-state index in [1.54, 1.807) is 7.11 Å². The molecule has 0 unspecified atom stereocenters. The van der Waals surface area contributed by atoms with Crippen molar-refractivity contribution in [2.24, 2.45) is 5.92 Å². The highest BCUT2D eigenvalue weighted by atomic mass is 16.5. The van der Waals surface area contributed by atoms with E-state index in [2.05, 4.69) is 12.8 Å². The SMILES string of the molecule is C#C[C@H](OC)[C@H](/C=C(/C)CO)CC. The zero-order valence-corrected chi connectivity index (χ0v) is 8.58. The number of hydrogen-bond acceptors (Lipinski definition) is 2. The molecule has 0 aliphatic rings. The zero-order chi connectivity index (χ0) is 10.3. The lowest BCUT2D eigenvalue weighted by Gasteiger charge is -2.17. The first-order valence-corrected chi connectivity index (χ1v) is 4.46. The summed E-state index contributed by atoms with van der Waals surface area (Å²) in [4.78, 5) is 0. The Bertz CT molecular complexity index is 201. The van der Waals surface area contributed by atoms with Gasteiger partial charge >= 0.3 is 0 Å². The maximum absolute atomic E-state index is 8.85. The second-order valence-electron chi connectivity index (χ2n) is 3.07. The lowest BCUT2D eigenvalue weighted by atomic mass is 9.97. The number of aliphatic hydroxyl groups excluding tert-OH is 1. The normalized spacial score (nSPS) is 16.4. The fourth-order valence-electron chi connectivity index (χ4n) is 1.20. The third-order valence-electron chi connectivity index (χ3n) is 2.03. The largest absolute Gasteiger partial charge is 0.392 e. The number of methoxy groups -OCH3 is 1. The van der Waals surface area contributed by atoms with Crippen LogP contribution in [0.5, 0.6) is 0 Å². The molecule has 0 aliphatic carbocycles. The minimum absolute atomic E-state index is 0.0809. The molecule has 1 N–H and O–H groups in total. The minimum Gasteiger partial charge on any atom is -0.392 e. The third kappa shape index (κ3) is 4.12. The Morgan fingerprint density at radius 2 is 2.31 bits per heavy atom. The van der Waals surface area contributed by atoms with Crippen molar-refractivity contribution in [3.05, 3.63) is 11.6 Å². The molecule has 0 spiro atoms. The number of ether oxygens (including phenoxy) is 1. The summed E-state index contributed by atoms with van der Waals surface area (Å²) in [5, 5.41) is 8.85. The van der Waals surface area contributed by atoms with Crippen LogP contribution < -0.4 is 0 Å². The van der Waals surface area contributed by atoms with Gasteiger partial charge in [0.05, 0.1) is 6.61 Å². The van der Waals surface area contributed by atoms with Gasteiger partial charge in [-0.2, -0.15) is 0 Å². The molecule has 0 aromatic rings. The molecule has 0 aliphatic heterocycles. The number of aliphatic hydroxyl groups is 1. The van der Waals surface area contributed by atoms with Gasteiger partial charge in [-0.25, -0.2) is 0 Å². The second-order valence-corrected chi connectivity index (χ2v) is 3.07. The van der Waals surface area contributed by atoms with Gasteiger partial charge in [0.2, 0.25) is 0 Å². The molecule has 0 radical (unpaired) electrons. The first-order valence-electron chi connectivity index (χ1n) is 4.46. The van der Waals surface area contributed by atoms with E-state index in [1.165, 1.54) is 0 Å². The highest BCUT2D eigenvalue weighted by Crippen LogP contribution is 2.14. The maximum atomic E-state index is 8.85. The van der Waals surface area contributed by atoms with Crippen LogP contribution in [0.15, 0.2) is 11.6 Å². The molecule has 74 valence electrons. The van der Waals surface area contributed by atoms with Crippen molar-refractivity contribution < 1.29 is 9.84 Å². The van der Waals surface area contributed by atoms with E-state index in [0.717, 1.165) is 12.0 Å². The fourth-order valence-corrected chi connectivity index (χ4v) is 1.20. The summed E-state index contributed by atoms with van der Waals surface area (Å²) in [7, 11) is 1.61. The van der Waals surface area contributed by atoms with Crippen molar-refractivity contribution >= 4 is 0 Å². The predicted octanol–water partition coefficient (Wildman–Crippen LogP) is 1.60. The average Bonchev–Trinajstić information content (AvgIpc) is 2.17. The topological polar surface area (TPSA) is 29.5 Å². The van der Waals surface area contributed by atoms with E-state index >= 15 is 0 Å². The molecule has 0 aromatic heterocycles. The molecular weight excluding hydrogens is 164 g/mol. The van der Waals surface area contributed by atoms with Crippen molar-refractivity contribution in [2.45, 2.75) is 26.4 Å². The van der Waals surface area contributed by atoms with Crippen LogP contribution in [0.4, 0.5) is 0 Å². The molecule has 0 aromatic carbocycles. The minimum atomic E-state index is -0.188. The lowest BCUT2D eigenvalue weighted by Crippen LogP contribution is -2.19. The summed E-state index contributed by atoms with van der Waals surface area (Å²) < 4.78 is 5.14. The third-order valence-corrected chi connectivity index (χ3v) is 2.03. The molecule has 13 heavy (non-hydrogen) atoms. The Kier molecular flexibility index (Phi) is 6.30. The van der Waals surface area contributed by atoms with Crippen molar-refractivity contribution in [3.63, 3.8) is 0 Å². The molecule has 0 rings (SSSR count). The fraction of sp³-hybridized carbons (Fsp3) is 0.636. The van der Waals surface area contributed by atoms with E-state index < -0.39 is 0 Å². The van der Waals surface area contributed by atoms with Gasteiger partial charge in [0.15, 0.2) is 0 Å². The van der Waals surface area contributed by atoms with Crippen LogP contribution in [-0.2, 0) is 4.74 Å². The smallest absolute Gasteiger partial charge is 0.123 e. The number of terminal acetylenes is 1. The molecule has 2 nitrogen and oxygen atoms in total. The maximum Gasteiger partial charge on any atom is 0.123 e. The van der Waals surface area contributed by atoms with Gasteiger partial charge in [0.1, 0.15) is 6.10 Å². The Balaban J connectivity index is 4.42. The van der Waals surface area contributed by atoms with Gasteiger partial charge in [-0.1, -0.05) is 24.5 Å². The van der Waals surface area contributed by atoms with Crippen LogP contribution in [0.25, 0.3) is 0 Å². The van der Waals surface area contributed by atoms with Crippen LogP contribution in [0.2, 0.25) is 0 Å². The van der Waals surface area contributed by atoms with Crippen molar-refractivity contribution in [1.29, 1.82) is 0 Å². The predicted molar refractivity (Wildman–Crippen MR) is 54.3 cm³/mol. The summed E-state index contributed by atoms with van der Waals surface area (Å²) in [6.07, 6.45) is 8.02. The molecule has 2 atom stereocenters. The van der Waals surface area contributed by atoms with Crippen LogP contribution in [0.1, 0.15) is 20.3 Å². The highest BCUT2D eigenvalue weighted by molar-refractivity contribution is 5.09. The molecule has 0 amide bonds. The van der Waals surface area contributed by atoms with Gasteiger partial charge in [0.25, 0.3) is 0 Å². The molecule has 0 fully saturated rings. The lowest BCUT2D eigenvalue weighted by molar-refractivity contribution is 0.112. The number of hydrogen-bond donors (Lipinski definition) is 1. The highest BCUT2D eigenvalue weighted by Gasteiger charge is 2.14. The van der Waals surface area contributed by atoms with Gasteiger partial charge < -0.3 is 9.84 Å². The Morgan fingerprint density at radius 1 is 1.69 bits per heavy atom. The molecular formula is C11H18O2. The Labute approximate surface area is 80.6 Å². The number of rotatable bonds is 5. The Hall–Kier alpha value is -0.780. The zero-order valence-electron chi connectivity index (χ0n) is 8.58. The molecule has 2 heteroatoms. The van der Waals surface area contributed by atoms with Crippen molar-refractivity contribution in [2.75, 3.05) is 13.7 Å². The van der Waals surface area contributed by atoms with Crippen molar-refractivity contribution in [1.82, 2.24) is 0 Å². The summed E-state index contributed by atoms with van der Waals surface area (Å²) in [6.45, 7) is 4.01. The van der Waals surface area contributed by atoms with Crippen LogP contribution in [0.3, 0.4) is 0 Å². The summed E-state index contributed by atoms with van der Waals surface area (Å²) in [5.74, 6) is 2.78. The van der Waals surface area contributed by atoms with Gasteiger partial charge in [-0.05, 0) is 13.3 Å². The van der Waals surface area contributed by atoms with Gasteiger partial charge in [-0.15, -0.1) is 6.42 Å².